The van der Waals surface area contributed by atoms with Crippen molar-refractivity contribution < 1.29 is 31.1 Å². The summed E-state index contributed by atoms with van der Waals surface area (Å²) in [6.07, 6.45) is -4.62. The number of carbonyl (C=O) groups is 1. The first-order valence-electron chi connectivity index (χ1n) is 11.4. The van der Waals surface area contributed by atoms with Crippen molar-refractivity contribution in [1.82, 2.24) is 15.5 Å². The van der Waals surface area contributed by atoms with Gasteiger partial charge in [-0.2, -0.15) is 13.2 Å². The van der Waals surface area contributed by atoms with Gasteiger partial charge < -0.3 is 10.1 Å². The van der Waals surface area contributed by atoms with Gasteiger partial charge in [-0.15, -0.1) is 10.2 Å². The summed E-state index contributed by atoms with van der Waals surface area (Å²) >= 11 is 1.17. The van der Waals surface area contributed by atoms with E-state index < -0.39 is 33.8 Å². The summed E-state index contributed by atoms with van der Waals surface area (Å²) in [5.74, 6) is -0.602. The molecule has 37 heavy (non-hydrogen) atoms. The number of nitrogens with one attached hydrogen (secondary N) is 2. The summed E-state index contributed by atoms with van der Waals surface area (Å²) in [6, 6.07) is 8.85. The van der Waals surface area contributed by atoms with Gasteiger partial charge in [0.2, 0.25) is 5.13 Å². The normalized spacial score (nSPS) is 12.1. The monoisotopic (exact) mass is 556 g/mol. The van der Waals surface area contributed by atoms with E-state index in [0.29, 0.717) is 11.4 Å². The predicted octanol–water partition coefficient (Wildman–Crippen LogP) is 5.24. The molecule has 3 aromatic rings. The molecule has 0 bridgehead atoms. The van der Waals surface area contributed by atoms with Crippen LogP contribution in [-0.2, 0) is 22.6 Å². The summed E-state index contributed by atoms with van der Waals surface area (Å²) in [5, 5.41) is 11.4. The lowest BCUT2D eigenvalue weighted by atomic mass is 10.1. The first kappa shape index (κ1) is 28.4. The molecule has 0 unspecified atom stereocenters. The maximum absolute atomic E-state index is 13.1. The molecule has 200 valence electrons. The van der Waals surface area contributed by atoms with E-state index in [2.05, 4.69) is 20.2 Å². The van der Waals surface area contributed by atoms with Crippen LogP contribution in [-0.4, -0.2) is 37.2 Å². The maximum Gasteiger partial charge on any atom is 0.416 e. The molecule has 2 aromatic carbocycles. The topological polar surface area (TPSA) is 110 Å². The van der Waals surface area contributed by atoms with Crippen molar-refractivity contribution >= 4 is 32.4 Å². The van der Waals surface area contributed by atoms with Gasteiger partial charge in [-0.25, -0.2) is 8.42 Å². The van der Waals surface area contributed by atoms with Crippen LogP contribution in [0.25, 0.3) is 0 Å². The Hall–Kier alpha value is -3.19. The van der Waals surface area contributed by atoms with Crippen molar-refractivity contribution in [2.45, 2.75) is 57.2 Å². The molecule has 1 amide bonds. The van der Waals surface area contributed by atoms with Crippen LogP contribution in [0.4, 0.5) is 18.3 Å². The van der Waals surface area contributed by atoms with Crippen LogP contribution in [0, 0.1) is 0 Å². The summed E-state index contributed by atoms with van der Waals surface area (Å²) in [4.78, 5) is 12.7. The zero-order valence-electron chi connectivity index (χ0n) is 20.6. The Balaban J connectivity index is 1.62. The smallest absolute Gasteiger partial charge is 0.416 e. The van der Waals surface area contributed by atoms with E-state index in [1.807, 2.05) is 13.8 Å². The van der Waals surface area contributed by atoms with Gasteiger partial charge in [-0.3, -0.25) is 9.52 Å². The van der Waals surface area contributed by atoms with Gasteiger partial charge in [0.1, 0.15) is 10.8 Å². The number of amides is 1. The average molecular weight is 557 g/mol. The van der Waals surface area contributed by atoms with E-state index in [9.17, 15) is 26.4 Å². The maximum atomic E-state index is 13.1. The van der Waals surface area contributed by atoms with Crippen molar-refractivity contribution in [3.05, 3.63) is 64.2 Å². The third-order valence-corrected chi connectivity index (χ3v) is 7.63. The van der Waals surface area contributed by atoms with Crippen LogP contribution < -0.4 is 14.8 Å². The van der Waals surface area contributed by atoms with Crippen LogP contribution in [0.1, 0.15) is 60.1 Å². The van der Waals surface area contributed by atoms with Crippen LogP contribution in [0.15, 0.2) is 47.4 Å². The van der Waals surface area contributed by atoms with E-state index in [1.54, 1.807) is 26.0 Å². The van der Waals surface area contributed by atoms with E-state index in [4.69, 9.17) is 4.74 Å². The molecule has 8 nitrogen and oxygen atoms in total. The molecule has 3 rings (SSSR count). The molecule has 2 N–H and O–H groups in total. The number of halogens is 3. The number of alkyl halides is 3. The van der Waals surface area contributed by atoms with Crippen molar-refractivity contribution in [3.63, 3.8) is 0 Å². The van der Waals surface area contributed by atoms with E-state index in [1.165, 1.54) is 23.5 Å². The van der Waals surface area contributed by atoms with E-state index >= 15 is 0 Å². The number of ether oxygens (including phenoxy) is 1. The SMILES string of the molecule is CC(C)Oc1cc(C(F)(F)F)ccc1C(=O)NCCc1ccc(S(=O)(=O)Nc2nnc(C(C)C)s2)cc1. The fourth-order valence-electron chi connectivity index (χ4n) is 3.17. The number of anilines is 1. The number of nitrogens with zero attached hydrogens (tertiary/aromatic N) is 2. The van der Waals surface area contributed by atoms with Crippen LogP contribution in [0.3, 0.4) is 0 Å². The van der Waals surface area contributed by atoms with Crippen molar-refractivity contribution in [3.8, 4) is 5.75 Å². The van der Waals surface area contributed by atoms with Gasteiger partial charge in [-0.1, -0.05) is 37.3 Å². The van der Waals surface area contributed by atoms with E-state index in [0.717, 1.165) is 23.8 Å². The first-order chi connectivity index (χ1) is 17.3. The Bertz CT molecular complexity index is 1340. The lowest BCUT2D eigenvalue weighted by Gasteiger charge is -2.16. The fraction of sp³-hybridized carbons (Fsp3) is 0.375. The molecule has 0 aliphatic rings. The molecule has 0 saturated heterocycles. The average Bonchev–Trinajstić information content (AvgIpc) is 3.26. The zero-order chi connectivity index (χ0) is 27.4. The molecule has 0 radical (unpaired) electrons. The third kappa shape index (κ3) is 7.65. The summed E-state index contributed by atoms with van der Waals surface area (Å²) in [5.41, 5.74) is -0.162. The number of aromatic nitrogens is 2. The predicted molar refractivity (Wildman–Crippen MR) is 134 cm³/mol. The second-order valence-electron chi connectivity index (χ2n) is 8.73. The van der Waals surface area contributed by atoms with Gasteiger partial charge in [0, 0.05) is 12.5 Å². The Labute approximate surface area is 217 Å². The van der Waals surface area contributed by atoms with Crippen LogP contribution in [0.2, 0.25) is 0 Å². The highest BCUT2D eigenvalue weighted by atomic mass is 32.2. The molecule has 0 spiro atoms. The zero-order valence-corrected chi connectivity index (χ0v) is 22.2. The highest BCUT2D eigenvalue weighted by molar-refractivity contribution is 7.93. The Morgan fingerprint density at radius 1 is 1.05 bits per heavy atom. The number of benzene rings is 2. The van der Waals surface area contributed by atoms with E-state index in [-0.39, 0.29) is 33.8 Å². The minimum atomic E-state index is -4.56. The van der Waals surface area contributed by atoms with Gasteiger partial charge >= 0.3 is 6.18 Å². The summed E-state index contributed by atoms with van der Waals surface area (Å²) < 4.78 is 72.3. The number of carbonyl (C=O) groups excluding carboxylic acids is 1. The highest BCUT2D eigenvalue weighted by Gasteiger charge is 2.32. The fourth-order valence-corrected chi connectivity index (χ4v) is 5.15. The first-order valence-corrected chi connectivity index (χ1v) is 13.7. The lowest BCUT2D eigenvalue weighted by molar-refractivity contribution is -0.137. The second kappa shape index (κ2) is 11.5. The minimum absolute atomic E-state index is 0.00786. The molecule has 0 atom stereocenters. The third-order valence-electron chi connectivity index (χ3n) is 5.01. The molecule has 0 fully saturated rings. The standard InChI is InChI=1S/C24H27F3N4O4S2/c1-14(2)22-29-30-23(36-22)31-37(33,34)18-8-5-16(6-9-18)11-12-28-21(32)19-10-7-17(24(25,26)27)13-20(19)35-15(3)4/h5-10,13-15H,11-12H2,1-4H3,(H,28,32)(H,30,31). The quantitative estimate of drug-likeness (QED) is 0.353. The molecule has 0 saturated carbocycles. The molecular formula is C24H27F3N4O4S2. The number of sulfonamides is 1. The number of rotatable bonds is 10. The minimum Gasteiger partial charge on any atom is -0.490 e. The molecule has 13 heteroatoms. The van der Waals surface area contributed by atoms with Crippen LogP contribution >= 0.6 is 11.3 Å². The number of hydrogen-bond donors (Lipinski definition) is 2. The van der Waals surface area contributed by atoms with Gasteiger partial charge in [0.25, 0.3) is 15.9 Å². The van der Waals surface area contributed by atoms with Crippen LogP contribution in [0.5, 0.6) is 5.75 Å². The number of hydrogen-bond acceptors (Lipinski definition) is 7. The Kier molecular flexibility index (Phi) is 8.80. The lowest BCUT2D eigenvalue weighted by Crippen LogP contribution is -2.27. The molecule has 0 aliphatic heterocycles. The molecule has 0 aliphatic carbocycles. The van der Waals surface area contributed by atoms with Crippen molar-refractivity contribution in [1.29, 1.82) is 0 Å². The molecule has 1 heterocycles. The summed E-state index contributed by atoms with van der Waals surface area (Å²) in [6.45, 7) is 7.34. The Morgan fingerprint density at radius 2 is 1.73 bits per heavy atom. The molecular weight excluding hydrogens is 529 g/mol. The van der Waals surface area contributed by atoms with Gasteiger partial charge in [0.05, 0.1) is 22.1 Å². The summed E-state index contributed by atoms with van der Waals surface area (Å²) in [7, 11) is -3.85. The second-order valence-corrected chi connectivity index (χ2v) is 11.4. The van der Waals surface area contributed by atoms with Gasteiger partial charge in [-0.05, 0) is 56.2 Å². The largest absolute Gasteiger partial charge is 0.490 e. The van der Waals surface area contributed by atoms with Gasteiger partial charge in [0.15, 0.2) is 0 Å². The Morgan fingerprint density at radius 3 is 2.30 bits per heavy atom. The van der Waals surface area contributed by atoms with Crippen molar-refractivity contribution in [2.24, 2.45) is 0 Å². The van der Waals surface area contributed by atoms with Crippen molar-refractivity contribution in [2.75, 3.05) is 11.3 Å². The highest BCUT2D eigenvalue weighted by Crippen LogP contribution is 2.33. The molecule has 1 aromatic heterocycles.